The van der Waals surface area contributed by atoms with Crippen LogP contribution in [0.3, 0.4) is 0 Å². The summed E-state index contributed by atoms with van der Waals surface area (Å²) in [5, 5.41) is 1.18. The first kappa shape index (κ1) is 15.9. The van der Waals surface area contributed by atoms with Gasteiger partial charge in [0.1, 0.15) is 4.21 Å². The number of hydrogen-bond donors (Lipinski definition) is 2. The van der Waals surface area contributed by atoms with Gasteiger partial charge in [-0.3, -0.25) is 4.72 Å². The van der Waals surface area contributed by atoms with Crippen LogP contribution in [0.4, 0.5) is 24.5 Å². The summed E-state index contributed by atoms with van der Waals surface area (Å²) in [5.74, 6) is 0. The van der Waals surface area contributed by atoms with Crippen LogP contribution in [0, 0.1) is 0 Å². The number of thiophene rings is 1. The summed E-state index contributed by atoms with van der Waals surface area (Å²) in [4.78, 5) is 0. The molecule has 0 aliphatic heterocycles. The van der Waals surface area contributed by atoms with E-state index in [9.17, 15) is 21.6 Å². The van der Waals surface area contributed by atoms with Gasteiger partial charge < -0.3 is 5.73 Å². The largest absolute Gasteiger partial charge is 0.416 e. The minimum Gasteiger partial charge on any atom is -0.398 e. The maximum absolute atomic E-state index is 12.7. The van der Waals surface area contributed by atoms with Crippen molar-refractivity contribution in [3.8, 4) is 0 Å². The highest BCUT2D eigenvalue weighted by Crippen LogP contribution is 2.34. The van der Waals surface area contributed by atoms with Crippen LogP contribution in [0.15, 0.2) is 33.9 Å². The maximum Gasteiger partial charge on any atom is 0.416 e. The van der Waals surface area contributed by atoms with Crippen LogP contribution >= 0.6 is 22.9 Å². The molecule has 0 atom stereocenters. The van der Waals surface area contributed by atoms with Crippen LogP contribution in [-0.4, -0.2) is 8.42 Å². The van der Waals surface area contributed by atoms with E-state index in [-0.39, 0.29) is 20.6 Å². The Morgan fingerprint density at radius 1 is 1.19 bits per heavy atom. The molecule has 0 aliphatic rings. The van der Waals surface area contributed by atoms with Gasteiger partial charge in [0, 0.05) is 16.1 Å². The quantitative estimate of drug-likeness (QED) is 0.878. The molecule has 0 bridgehead atoms. The van der Waals surface area contributed by atoms with Crippen LogP contribution in [0.2, 0.25) is 5.02 Å². The Hall–Kier alpha value is -1.45. The first-order chi connectivity index (χ1) is 9.58. The number of nitrogens with one attached hydrogen (secondary N) is 1. The molecule has 0 saturated heterocycles. The number of hydrogen-bond acceptors (Lipinski definition) is 4. The van der Waals surface area contributed by atoms with E-state index in [2.05, 4.69) is 0 Å². The van der Waals surface area contributed by atoms with Crippen molar-refractivity contribution in [2.24, 2.45) is 0 Å². The lowest BCUT2D eigenvalue weighted by atomic mass is 10.2. The summed E-state index contributed by atoms with van der Waals surface area (Å²) in [6, 6.07) is 3.68. The normalized spacial score (nSPS) is 12.4. The molecule has 0 unspecified atom stereocenters. The predicted octanol–water partition coefficient (Wildman–Crippen LogP) is 3.80. The molecule has 10 heteroatoms. The second-order valence-corrected chi connectivity index (χ2v) is 7.29. The first-order valence-corrected chi connectivity index (χ1v) is 8.06. The lowest BCUT2D eigenvalue weighted by Gasteiger charge is -2.11. The predicted molar refractivity (Wildman–Crippen MR) is 76.0 cm³/mol. The highest BCUT2D eigenvalue weighted by atomic mass is 35.5. The molecule has 0 radical (unpaired) electrons. The van der Waals surface area contributed by atoms with Crippen molar-refractivity contribution in [3.63, 3.8) is 0 Å². The molecule has 114 valence electrons. The average molecular weight is 357 g/mol. The van der Waals surface area contributed by atoms with Gasteiger partial charge in [-0.15, -0.1) is 11.3 Å². The van der Waals surface area contributed by atoms with Crippen LogP contribution in [0.1, 0.15) is 5.56 Å². The van der Waals surface area contributed by atoms with Crippen molar-refractivity contribution in [3.05, 3.63) is 40.2 Å². The molecule has 1 heterocycles. The van der Waals surface area contributed by atoms with Gasteiger partial charge in [-0.25, -0.2) is 8.42 Å². The standard InChI is InChI=1S/C11H8ClF3N2O2S2/c12-7-1-6(11(13,14)15)2-9(3-7)17-21(18,19)10-4-8(16)5-20-10/h1-5,17H,16H2. The second-order valence-electron chi connectivity index (χ2n) is 4.03. The van der Waals surface area contributed by atoms with E-state index < -0.39 is 21.8 Å². The monoisotopic (exact) mass is 356 g/mol. The fourth-order valence-corrected chi connectivity index (χ4v) is 3.84. The zero-order chi connectivity index (χ0) is 15.8. The van der Waals surface area contributed by atoms with Gasteiger partial charge in [0.2, 0.25) is 0 Å². The van der Waals surface area contributed by atoms with Gasteiger partial charge in [-0.2, -0.15) is 13.2 Å². The molecule has 0 spiro atoms. The van der Waals surface area contributed by atoms with Gasteiger partial charge in [0.15, 0.2) is 0 Å². The fourth-order valence-electron chi connectivity index (χ4n) is 1.49. The number of halogens is 4. The van der Waals surface area contributed by atoms with Gasteiger partial charge in [0.05, 0.1) is 11.3 Å². The summed E-state index contributed by atoms with van der Waals surface area (Å²) in [6.07, 6.45) is -4.63. The van der Waals surface area contributed by atoms with Gasteiger partial charge >= 0.3 is 6.18 Å². The minimum absolute atomic E-state index is 0.103. The van der Waals surface area contributed by atoms with Crippen LogP contribution in [0.25, 0.3) is 0 Å². The van der Waals surface area contributed by atoms with Gasteiger partial charge in [-0.05, 0) is 24.3 Å². The van der Waals surface area contributed by atoms with Gasteiger partial charge in [0.25, 0.3) is 10.0 Å². The zero-order valence-electron chi connectivity index (χ0n) is 10.1. The smallest absolute Gasteiger partial charge is 0.398 e. The Morgan fingerprint density at radius 2 is 1.86 bits per heavy atom. The number of alkyl halides is 3. The topological polar surface area (TPSA) is 72.2 Å². The highest BCUT2D eigenvalue weighted by Gasteiger charge is 2.31. The molecular formula is C11H8ClF3N2O2S2. The lowest BCUT2D eigenvalue weighted by molar-refractivity contribution is -0.137. The van der Waals surface area contributed by atoms with Crippen molar-refractivity contribution in [1.82, 2.24) is 0 Å². The van der Waals surface area contributed by atoms with Crippen molar-refractivity contribution < 1.29 is 21.6 Å². The third kappa shape index (κ3) is 3.80. The number of benzene rings is 1. The number of anilines is 2. The molecule has 21 heavy (non-hydrogen) atoms. The maximum atomic E-state index is 12.7. The third-order valence-corrected chi connectivity index (χ3v) is 5.40. The molecule has 2 rings (SSSR count). The molecule has 0 aliphatic carbocycles. The average Bonchev–Trinajstić information content (AvgIpc) is 2.74. The van der Waals surface area contributed by atoms with E-state index in [1.54, 1.807) is 0 Å². The summed E-state index contributed by atoms with van der Waals surface area (Å²) in [7, 11) is -4.01. The molecule has 0 fully saturated rings. The Labute approximate surface area is 127 Å². The third-order valence-electron chi connectivity index (χ3n) is 2.34. The molecule has 3 N–H and O–H groups in total. The number of nitrogens with two attached hydrogens (primary N) is 1. The van der Waals surface area contributed by atoms with E-state index in [1.165, 1.54) is 11.4 Å². The summed E-state index contributed by atoms with van der Waals surface area (Å²) in [5.41, 5.74) is 4.36. The fraction of sp³-hybridized carbons (Fsp3) is 0.0909. The van der Waals surface area contributed by atoms with Crippen LogP contribution in [0.5, 0.6) is 0 Å². The zero-order valence-corrected chi connectivity index (χ0v) is 12.5. The first-order valence-electron chi connectivity index (χ1n) is 5.32. The Bertz CT molecular complexity index is 772. The molecule has 0 saturated carbocycles. The van der Waals surface area contributed by atoms with Crippen LogP contribution in [-0.2, 0) is 16.2 Å². The molecule has 1 aromatic heterocycles. The van der Waals surface area contributed by atoms with Crippen molar-refractivity contribution in [2.75, 3.05) is 10.5 Å². The van der Waals surface area contributed by atoms with E-state index >= 15 is 0 Å². The highest BCUT2D eigenvalue weighted by molar-refractivity contribution is 7.94. The summed E-state index contributed by atoms with van der Waals surface area (Å²) in [6.45, 7) is 0. The molecule has 2 aromatic rings. The number of sulfonamides is 1. The summed E-state index contributed by atoms with van der Waals surface area (Å²) >= 11 is 6.44. The van der Waals surface area contributed by atoms with Gasteiger partial charge in [-0.1, -0.05) is 11.6 Å². The Morgan fingerprint density at radius 3 is 2.38 bits per heavy atom. The number of nitrogen functional groups attached to an aromatic ring is 1. The Balaban J connectivity index is 2.38. The number of rotatable bonds is 3. The second kappa shape index (κ2) is 5.39. The van der Waals surface area contributed by atoms with Crippen molar-refractivity contribution >= 4 is 44.3 Å². The SMILES string of the molecule is Nc1csc(S(=O)(=O)Nc2cc(Cl)cc(C(F)(F)F)c2)c1. The molecular weight excluding hydrogens is 349 g/mol. The van der Waals surface area contributed by atoms with E-state index in [1.807, 2.05) is 4.72 Å². The molecule has 1 aromatic carbocycles. The minimum atomic E-state index is -4.63. The van der Waals surface area contributed by atoms with Crippen molar-refractivity contribution in [2.45, 2.75) is 10.4 Å². The summed E-state index contributed by atoms with van der Waals surface area (Å²) < 4.78 is 63.9. The van der Waals surface area contributed by atoms with E-state index in [0.29, 0.717) is 12.1 Å². The van der Waals surface area contributed by atoms with Crippen LogP contribution < -0.4 is 10.5 Å². The lowest BCUT2D eigenvalue weighted by Crippen LogP contribution is -2.13. The van der Waals surface area contributed by atoms with E-state index in [4.69, 9.17) is 17.3 Å². The van der Waals surface area contributed by atoms with E-state index in [0.717, 1.165) is 17.4 Å². The molecule has 0 amide bonds. The van der Waals surface area contributed by atoms with Crippen molar-refractivity contribution in [1.29, 1.82) is 0 Å². The molecule has 4 nitrogen and oxygen atoms in total. The Kier molecular flexibility index (Phi) is 4.09.